The fourth-order valence-electron chi connectivity index (χ4n) is 1.43. The lowest BCUT2D eigenvalue weighted by Crippen LogP contribution is -2.08. The van der Waals surface area contributed by atoms with Gasteiger partial charge in [0.05, 0.1) is 4.47 Å². The third-order valence-corrected chi connectivity index (χ3v) is 2.93. The summed E-state index contributed by atoms with van der Waals surface area (Å²) < 4.78 is 31.9. The molecule has 0 saturated heterocycles. The van der Waals surface area contributed by atoms with Gasteiger partial charge in [-0.15, -0.1) is 0 Å². The maximum atomic E-state index is 13.5. The highest BCUT2D eigenvalue weighted by atomic mass is 79.9. The summed E-state index contributed by atoms with van der Waals surface area (Å²) in [6, 6.07) is 2.43. The molecule has 5 heteroatoms. The number of ether oxygens (including phenoxy) is 1. The molecule has 0 saturated carbocycles. The molecule has 0 heterocycles. The highest BCUT2D eigenvalue weighted by molar-refractivity contribution is 9.10. The summed E-state index contributed by atoms with van der Waals surface area (Å²) in [5, 5.41) is 0. The molecule has 94 valence electrons. The van der Waals surface area contributed by atoms with E-state index in [1.54, 1.807) is 0 Å². The second-order valence-electron chi connectivity index (χ2n) is 3.63. The third kappa shape index (κ3) is 4.16. The molecule has 0 fully saturated rings. The van der Waals surface area contributed by atoms with E-state index in [0.29, 0.717) is 13.0 Å². The maximum Gasteiger partial charge on any atom is 0.143 e. The van der Waals surface area contributed by atoms with Crippen molar-refractivity contribution in [2.45, 2.75) is 19.3 Å². The first-order valence-electron chi connectivity index (χ1n) is 5.19. The van der Waals surface area contributed by atoms with Crippen molar-refractivity contribution < 1.29 is 18.3 Å². The predicted octanol–water partition coefficient (Wildman–Crippen LogP) is 3.27. The molecule has 0 amide bonds. The highest BCUT2D eigenvalue weighted by Gasteiger charge is 2.15. The van der Waals surface area contributed by atoms with Crippen molar-refractivity contribution in [1.29, 1.82) is 0 Å². The van der Waals surface area contributed by atoms with Gasteiger partial charge < -0.3 is 4.74 Å². The van der Waals surface area contributed by atoms with Crippen LogP contribution in [0, 0.1) is 11.6 Å². The molecule has 17 heavy (non-hydrogen) atoms. The number of hydrogen-bond donors (Lipinski definition) is 0. The molecule has 1 rings (SSSR count). The molecular formula is C12H13BrF2O2. The Morgan fingerprint density at radius 1 is 1.41 bits per heavy atom. The molecular weight excluding hydrogens is 294 g/mol. The third-order valence-electron chi connectivity index (χ3n) is 2.32. The van der Waals surface area contributed by atoms with Crippen LogP contribution < -0.4 is 0 Å². The molecule has 1 aromatic carbocycles. The largest absolute Gasteiger partial charge is 0.385 e. The van der Waals surface area contributed by atoms with E-state index in [9.17, 15) is 13.6 Å². The van der Waals surface area contributed by atoms with Crippen LogP contribution in [0.25, 0.3) is 0 Å². The molecule has 0 aliphatic carbocycles. The van der Waals surface area contributed by atoms with Gasteiger partial charge in [0.2, 0.25) is 0 Å². The van der Waals surface area contributed by atoms with Gasteiger partial charge in [-0.25, -0.2) is 8.78 Å². The fourth-order valence-corrected chi connectivity index (χ4v) is 1.80. The van der Waals surface area contributed by atoms with Crippen LogP contribution in [0.5, 0.6) is 0 Å². The Balaban J connectivity index is 2.68. The molecule has 0 aliphatic heterocycles. The van der Waals surface area contributed by atoms with E-state index in [1.807, 2.05) is 0 Å². The van der Waals surface area contributed by atoms with Crippen LogP contribution in [0.2, 0.25) is 0 Å². The van der Waals surface area contributed by atoms with E-state index in [0.717, 1.165) is 6.07 Å². The quantitative estimate of drug-likeness (QED) is 0.595. The van der Waals surface area contributed by atoms with Crippen molar-refractivity contribution in [1.82, 2.24) is 0 Å². The van der Waals surface area contributed by atoms with Crippen molar-refractivity contribution >= 4 is 21.7 Å². The minimum atomic E-state index is -0.704. The van der Waals surface area contributed by atoms with Crippen molar-refractivity contribution in [3.05, 3.63) is 33.8 Å². The Kier molecular flexibility index (Phi) is 5.71. The van der Waals surface area contributed by atoms with Gasteiger partial charge in [0.25, 0.3) is 0 Å². The minimum Gasteiger partial charge on any atom is -0.385 e. The van der Waals surface area contributed by atoms with E-state index in [4.69, 9.17) is 4.74 Å². The molecule has 0 bridgehead atoms. The summed E-state index contributed by atoms with van der Waals surface area (Å²) in [5.41, 5.74) is -0.179. The van der Waals surface area contributed by atoms with Crippen LogP contribution in [-0.4, -0.2) is 19.5 Å². The van der Waals surface area contributed by atoms with Crippen LogP contribution in [0.15, 0.2) is 16.6 Å². The van der Waals surface area contributed by atoms with Crippen LogP contribution in [-0.2, 0) is 16.0 Å². The lowest BCUT2D eigenvalue weighted by Gasteiger charge is -2.06. The standard InChI is InChI=1S/C12H13BrF2O2/c1-17-6-2-3-8(16)7-9-11(14)5-4-10(13)12(9)15/h4-5H,2-3,6-7H2,1H3. The van der Waals surface area contributed by atoms with Crippen molar-refractivity contribution in [3.8, 4) is 0 Å². The van der Waals surface area contributed by atoms with E-state index < -0.39 is 11.6 Å². The Labute approximate surface area is 107 Å². The summed E-state index contributed by atoms with van der Waals surface area (Å²) in [6.07, 6.45) is 0.604. The second kappa shape index (κ2) is 6.81. The number of halogens is 3. The summed E-state index contributed by atoms with van der Waals surface area (Å²) in [5.74, 6) is -1.59. The van der Waals surface area contributed by atoms with E-state index >= 15 is 0 Å². The van der Waals surface area contributed by atoms with E-state index in [-0.39, 0.29) is 28.7 Å². The van der Waals surface area contributed by atoms with E-state index in [1.165, 1.54) is 13.2 Å². The number of benzene rings is 1. The number of ketones is 1. The zero-order chi connectivity index (χ0) is 12.8. The molecule has 0 atom stereocenters. The molecule has 0 aliphatic rings. The van der Waals surface area contributed by atoms with Gasteiger partial charge in [-0.3, -0.25) is 4.79 Å². The number of carbonyl (C=O) groups is 1. The van der Waals surface area contributed by atoms with Crippen molar-refractivity contribution in [3.63, 3.8) is 0 Å². The summed E-state index contributed by atoms with van der Waals surface area (Å²) >= 11 is 2.96. The number of hydrogen-bond acceptors (Lipinski definition) is 2. The monoisotopic (exact) mass is 306 g/mol. The van der Waals surface area contributed by atoms with Crippen LogP contribution in [0.4, 0.5) is 8.78 Å². The number of rotatable bonds is 6. The van der Waals surface area contributed by atoms with Gasteiger partial charge in [-0.2, -0.15) is 0 Å². The molecule has 1 aromatic rings. The summed E-state index contributed by atoms with van der Waals surface area (Å²) in [6.45, 7) is 0.467. The van der Waals surface area contributed by atoms with Crippen molar-refractivity contribution in [2.75, 3.05) is 13.7 Å². The van der Waals surface area contributed by atoms with Gasteiger partial charge >= 0.3 is 0 Å². The maximum absolute atomic E-state index is 13.5. The Morgan fingerprint density at radius 3 is 2.76 bits per heavy atom. The molecule has 0 unspecified atom stereocenters. The smallest absolute Gasteiger partial charge is 0.143 e. The van der Waals surface area contributed by atoms with Gasteiger partial charge in [0, 0.05) is 32.1 Å². The number of carbonyl (C=O) groups excluding carboxylic acids is 1. The second-order valence-corrected chi connectivity index (χ2v) is 4.49. The first-order valence-corrected chi connectivity index (χ1v) is 5.98. The van der Waals surface area contributed by atoms with Crippen LogP contribution >= 0.6 is 15.9 Å². The SMILES string of the molecule is COCCCC(=O)Cc1c(F)ccc(Br)c1F. The van der Waals surface area contributed by atoms with Crippen LogP contribution in [0.1, 0.15) is 18.4 Å². The van der Waals surface area contributed by atoms with Crippen LogP contribution in [0.3, 0.4) is 0 Å². The zero-order valence-electron chi connectivity index (χ0n) is 9.43. The van der Waals surface area contributed by atoms with E-state index in [2.05, 4.69) is 15.9 Å². The molecule has 0 N–H and O–H groups in total. The Bertz CT molecular complexity index is 408. The topological polar surface area (TPSA) is 26.3 Å². The molecule has 0 aromatic heterocycles. The normalized spacial score (nSPS) is 10.6. The average Bonchev–Trinajstić information content (AvgIpc) is 2.30. The Hall–Kier alpha value is -0.810. The van der Waals surface area contributed by atoms with Gasteiger partial charge in [-0.05, 0) is 34.5 Å². The first kappa shape index (κ1) is 14.3. The van der Waals surface area contributed by atoms with Gasteiger partial charge in [-0.1, -0.05) is 0 Å². The summed E-state index contributed by atoms with van der Waals surface area (Å²) in [7, 11) is 1.54. The molecule has 0 radical (unpaired) electrons. The highest BCUT2D eigenvalue weighted by Crippen LogP contribution is 2.22. The average molecular weight is 307 g/mol. The van der Waals surface area contributed by atoms with Gasteiger partial charge in [0.1, 0.15) is 17.4 Å². The minimum absolute atomic E-state index is 0.165. The lowest BCUT2D eigenvalue weighted by molar-refractivity contribution is -0.118. The van der Waals surface area contributed by atoms with Crippen molar-refractivity contribution in [2.24, 2.45) is 0 Å². The number of methoxy groups -OCH3 is 1. The predicted molar refractivity (Wildman–Crippen MR) is 63.9 cm³/mol. The molecule has 2 nitrogen and oxygen atoms in total. The number of Topliss-reactive ketones (excluding diaryl/α,β-unsaturated/α-hetero) is 1. The lowest BCUT2D eigenvalue weighted by atomic mass is 10.0. The summed E-state index contributed by atoms with van der Waals surface area (Å²) in [4.78, 5) is 11.5. The Morgan fingerprint density at radius 2 is 2.12 bits per heavy atom. The van der Waals surface area contributed by atoms with Gasteiger partial charge in [0.15, 0.2) is 0 Å². The fraction of sp³-hybridized carbons (Fsp3) is 0.417. The first-order chi connectivity index (χ1) is 8.06. The zero-order valence-corrected chi connectivity index (χ0v) is 11.0. The molecule has 0 spiro atoms.